The van der Waals surface area contributed by atoms with Crippen LogP contribution in [0.3, 0.4) is 0 Å². The summed E-state index contributed by atoms with van der Waals surface area (Å²) < 4.78 is 13.1. The van der Waals surface area contributed by atoms with E-state index in [0.29, 0.717) is 38.0 Å². The second-order valence-corrected chi connectivity index (χ2v) is 8.38. The first-order valence-corrected chi connectivity index (χ1v) is 11.6. The molecule has 1 heterocycles. The van der Waals surface area contributed by atoms with Crippen LogP contribution in [0.4, 0.5) is 4.39 Å². The summed E-state index contributed by atoms with van der Waals surface area (Å²) in [6, 6.07) is 16.2. The third-order valence-corrected chi connectivity index (χ3v) is 6.40. The lowest BCUT2D eigenvalue weighted by Crippen LogP contribution is -2.48. The van der Waals surface area contributed by atoms with Gasteiger partial charge in [0.15, 0.2) is 0 Å². The van der Waals surface area contributed by atoms with Crippen LogP contribution in [-0.4, -0.2) is 60.4 Å². The molecule has 2 aromatic rings. The molecule has 5 nitrogen and oxygen atoms in total. The maximum Gasteiger partial charge on any atom is 0.253 e. The fourth-order valence-corrected chi connectivity index (χ4v) is 4.44. The molecule has 172 valence electrons. The standard InChI is InChI=1S/C26H34FN3O2/c1-3-29(4-2)24(18-20-8-6-5-7-9-20)19-28-25(31)21-14-16-30(17-15-21)26(32)22-10-12-23(27)13-11-22/h5-13,21,24H,3-4,14-19H2,1-2H3,(H,28,31). The number of likely N-dealkylation sites (tertiary alicyclic amines) is 1. The van der Waals surface area contributed by atoms with Crippen molar-refractivity contribution in [1.29, 1.82) is 0 Å². The van der Waals surface area contributed by atoms with E-state index in [1.165, 1.54) is 29.8 Å². The van der Waals surface area contributed by atoms with Crippen molar-refractivity contribution in [3.05, 3.63) is 71.5 Å². The zero-order valence-electron chi connectivity index (χ0n) is 19.1. The van der Waals surface area contributed by atoms with Crippen molar-refractivity contribution >= 4 is 11.8 Å². The number of carbonyl (C=O) groups is 2. The lowest BCUT2D eigenvalue weighted by molar-refractivity contribution is -0.126. The first-order chi connectivity index (χ1) is 15.5. The van der Waals surface area contributed by atoms with Gasteiger partial charge in [0.25, 0.3) is 5.91 Å². The first-order valence-electron chi connectivity index (χ1n) is 11.6. The number of nitrogens with one attached hydrogen (secondary N) is 1. The van der Waals surface area contributed by atoms with Gasteiger partial charge >= 0.3 is 0 Å². The molecule has 3 rings (SSSR count). The van der Waals surface area contributed by atoms with E-state index in [1.54, 1.807) is 4.90 Å². The van der Waals surface area contributed by atoms with E-state index in [-0.39, 0.29) is 29.6 Å². The predicted molar refractivity (Wildman–Crippen MR) is 125 cm³/mol. The number of likely N-dealkylation sites (N-methyl/N-ethyl adjacent to an activating group) is 1. The Morgan fingerprint density at radius 3 is 2.25 bits per heavy atom. The summed E-state index contributed by atoms with van der Waals surface area (Å²) in [6.45, 7) is 7.87. The van der Waals surface area contributed by atoms with Crippen molar-refractivity contribution in [2.24, 2.45) is 5.92 Å². The van der Waals surface area contributed by atoms with E-state index in [1.807, 2.05) is 18.2 Å². The molecule has 6 heteroatoms. The minimum absolute atomic E-state index is 0.0732. The summed E-state index contributed by atoms with van der Waals surface area (Å²) in [4.78, 5) is 29.6. The van der Waals surface area contributed by atoms with Gasteiger partial charge in [0, 0.05) is 37.2 Å². The van der Waals surface area contributed by atoms with Gasteiger partial charge in [-0.15, -0.1) is 0 Å². The third-order valence-electron chi connectivity index (χ3n) is 6.40. The Hall–Kier alpha value is -2.73. The molecule has 2 aromatic carbocycles. The number of hydrogen-bond donors (Lipinski definition) is 1. The molecule has 0 aliphatic carbocycles. The SMILES string of the molecule is CCN(CC)C(CNC(=O)C1CCN(C(=O)c2ccc(F)cc2)CC1)Cc1ccccc1. The monoisotopic (exact) mass is 439 g/mol. The summed E-state index contributed by atoms with van der Waals surface area (Å²) in [5.41, 5.74) is 1.75. The average Bonchev–Trinajstić information content (AvgIpc) is 2.83. The lowest BCUT2D eigenvalue weighted by atomic mass is 9.95. The number of amides is 2. The minimum atomic E-state index is -0.354. The zero-order chi connectivity index (χ0) is 22.9. The third kappa shape index (κ3) is 6.39. The average molecular weight is 440 g/mol. The molecule has 1 N–H and O–H groups in total. The topological polar surface area (TPSA) is 52.7 Å². The van der Waals surface area contributed by atoms with Crippen LogP contribution in [0.1, 0.15) is 42.6 Å². The molecule has 1 saturated heterocycles. The Morgan fingerprint density at radius 1 is 1.03 bits per heavy atom. The molecular formula is C26H34FN3O2. The molecule has 32 heavy (non-hydrogen) atoms. The Morgan fingerprint density at radius 2 is 1.66 bits per heavy atom. The number of benzene rings is 2. The molecule has 0 saturated carbocycles. The largest absolute Gasteiger partial charge is 0.354 e. The molecule has 0 spiro atoms. The van der Waals surface area contributed by atoms with Crippen molar-refractivity contribution in [3.8, 4) is 0 Å². The molecule has 0 radical (unpaired) electrons. The molecule has 1 aliphatic rings. The van der Waals surface area contributed by atoms with Crippen LogP contribution in [-0.2, 0) is 11.2 Å². The zero-order valence-corrected chi connectivity index (χ0v) is 19.1. The number of hydrogen-bond acceptors (Lipinski definition) is 3. The fraction of sp³-hybridized carbons (Fsp3) is 0.462. The Labute approximate surface area is 190 Å². The van der Waals surface area contributed by atoms with Crippen LogP contribution >= 0.6 is 0 Å². The number of carbonyl (C=O) groups excluding carboxylic acids is 2. The van der Waals surface area contributed by atoms with Crippen LogP contribution in [0.25, 0.3) is 0 Å². The second kappa shape index (κ2) is 11.8. The van der Waals surface area contributed by atoms with E-state index in [2.05, 4.69) is 36.2 Å². The van der Waals surface area contributed by atoms with Crippen LogP contribution in [0.2, 0.25) is 0 Å². The van der Waals surface area contributed by atoms with Gasteiger partial charge in [-0.1, -0.05) is 44.2 Å². The van der Waals surface area contributed by atoms with Crippen molar-refractivity contribution < 1.29 is 14.0 Å². The highest BCUT2D eigenvalue weighted by Crippen LogP contribution is 2.20. The second-order valence-electron chi connectivity index (χ2n) is 8.38. The van der Waals surface area contributed by atoms with Crippen LogP contribution in [0, 0.1) is 11.7 Å². The van der Waals surface area contributed by atoms with Gasteiger partial charge in [0.05, 0.1) is 0 Å². The van der Waals surface area contributed by atoms with Crippen molar-refractivity contribution in [1.82, 2.24) is 15.1 Å². The molecule has 0 bridgehead atoms. The number of nitrogens with zero attached hydrogens (tertiary/aromatic N) is 2. The summed E-state index contributed by atoms with van der Waals surface area (Å²) in [5, 5.41) is 3.18. The summed E-state index contributed by atoms with van der Waals surface area (Å²) in [5.74, 6) is -0.467. The van der Waals surface area contributed by atoms with Crippen molar-refractivity contribution in [2.75, 3.05) is 32.7 Å². The Bertz CT molecular complexity index is 860. The molecule has 1 aliphatic heterocycles. The van der Waals surface area contributed by atoms with Gasteiger partial charge in [-0.3, -0.25) is 14.5 Å². The van der Waals surface area contributed by atoms with E-state index < -0.39 is 0 Å². The van der Waals surface area contributed by atoms with E-state index in [0.717, 1.165) is 19.5 Å². The van der Waals surface area contributed by atoms with Gasteiger partial charge in [0.2, 0.25) is 5.91 Å². The summed E-state index contributed by atoms with van der Waals surface area (Å²) >= 11 is 0. The molecule has 2 amide bonds. The highest BCUT2D eigenvalue weighted by molar-refractivity contribution is 5.94. The molecule has 1 atom stereocenters. The quantitative estimate of drug-likeness (QED) is 0.648. The highest BCUT2D eigenvalue weighted by atomic mass is 19.1. The van der Waals surface area contributed by atoms with Crippen molar-refractivity contribution in [2.45, 2.75) is 39.2 Å². The van der Waals surface area contributed by atoms with Crippen LogP contribution in [0.5, 0.6) is 0 Å². The predicted octanol–water partition coefficient (Wildman–Crippen LogP) is 3.75. The number of halogens is 1. The number of rotatable bonds is 9. The van der Waals surface area contributed by atoms with E-state index in [4.69, 9.17) is 0 Å². The van der Waals surface area contributed by atoms with E-state index in [9.17, 15) is 14.0 Å². The summed E-state index contributed by atoms with van der Waals surface area (Å²) in [6.07, 6.45) is 2.19. The Kier molecular flexibility index (Phi) is 8.80. The van der Waals surface area contributed by atoms with Gasteiger partial charge in [-0.25, -0.2) is 4.39 Å². The smallest absolute Gasteiger partial charge is 0.253 e. The van der Waals surface area contributed by atoms with Gasteiger partial charge in [0.1, 0.15) is 5.82 Å². The molecule has 1 fully saturated rings. The lowest BCUT2D eigenvalue weighted by Gasteiger charge is -2.33. The maximum atomic E-state index is 13.1. The van der Waals surface area contributed by atoms with Crippen LogP contribution < -0.4 is 5.32 Å². The molecule has 1 unspecified atom stereocenters. The first kappa shape index (κ1) is 23.9. The molecular weight excluding hydrogens is 405 g/mol. The van der Waals surface area contributed by atoms with E-state index >= 15 is 0 Å². The fourth-order valence-electron chi connectivity index (χ4n) is 4.44. The maximum absolute atomic E-state index is 13.1. The molecule has 0 aromatic heterocycles. The highest BCUT2D eigenvalue weighted by Gasteiger charge is 2.28. The number of piperidine rings is 1. The normalized spacial score (nSPS) is 15.6. The van der Waals surface area contributed by atoms with Gasteiger partial charge < -0.3 is 10.2 Å². The van der Waals surface area contributed by atoms with Crippen molar-refractivity contribution in [3.63, 3.8) is 0 Å². The minimum Gasteiger partial charge on any atom is -0.354 e. The van der Waals surface area contributed by atoms with Gasteiger partial charge in [-0.2, -0.15) is 0 Å². The Balaban J connectivity index is 1.51. The summed E-state index contributed by atoms with van der Waals surface area (Å²) in [7, 11) is 0. The van der Waals surface area contributed by atoms with Crippen LogP contribution in [0.15, 0.2) is 54.6 Å². The van der Waals surface area contributed by atoms with Gasteiger partial charge in [-0.05, 0) is 62.2 Å².